The topological polar surface area (TPSA) is 75.7 Å². The van der Waals surface area contributed by atoms with Crippen LogP contribution in [0, 0.1) is 13.8 Å². The Bertz CT molecular complexity index is 917. The maximum absolute atomic E-state index is 12.6. The summed E-state index contributed by atoms with van der Waals surface area (Å²) in [6.07, 6.45) is 0. The molecule has 0 amide bonds. The van der Waals surface area contributed by atoms with E-state index in [1.165, 1.54) is 22.0 Å². The summed E-state index contributed by atoms with van der Waals surface area (Å²) in [5, 5.41) is 3.15. The average molecular weight is 388 g/mol. The Kier molecular flexibility index (Phi) is 5.94. The van der Waals surface area contributed by atoms with E-state index in [0.29, 0.717) is 31.9 Å². The fraction of sp³-hybridized carbons (Fsp3) is 0.350. The molecule has 0 aromatic heterocycles. The van der Waals surface area contributed by atoms with Gasteiger partial charge in [0.15, 0.2) is 5.78 Å². The first kappa shape index (κ1) is 19.5. The Hall–Kier alpha value is -2.22. The van der Waals surface area contributed by atoms with E-state index < -0.39 is 10.0 Å². The molecule has 0 aliphatic carbocycles. The summed E-state index contributed by atoms with van der Waals surface area (Å²) in [6.45, 7) is 5.67. The van der Waals surface area contributed by atoms with Crippen LogP contribution in [0.1, 0.15) is 21.5 Å². The van der Waals surface area contributed by atoms with Crippen molar-refractivity contribution in [2.75, 3.05) is 38.2 Å². The van der Waals surface area contributed by atoms with Crippen molar-refractivity contribution < 1.29 is 17.9 Å². The zero-order chi connectivity index (χ0) is 19.4. The number of benzene rings is 2. The number of nitrogens with one attached hydrogen (secondary N) is 1. The van der Waals surface area contributed by atoms with Crippen molar-refractivity contribution in [2.24, 2.45) is 0 Å². The summed E-state index contributed by atoms with van der Waals surface area (Å²) in [7, 11) is -3.54. The van der Waals surface area contributed by atoms with Gasteiger partial charge in [-0.15, -0.1) is 0 Å². The second-order valence-electron chi connectivity index (χ2n) is 6.64. The number of aryl methyl sites for hydroxylation is 2. The number of carbonyl (C=O) groups is 1. The highest BCUT2D eigenvalue weighted by Crippen LogP contribution is 2.19. The predicted molar refractivity (Wildman–Crippen MR) is 105 cm³/mol. The molecule has 0 saturated carbocycles. The third kappa shape index (κ3) is 4.55. The standard InChI is InChI=1S/C20H24N2O4S/c1-15-3-8-19(16(2)13-15)21-14-20(23)17-4-6-18(7-5-17)27(24,25)22-9-11-26-12-10-22/h3-8,13,21H,9-12,14H2,1-2H3. The van der Waals surface area contributed by atoms with Gasteiger partial charge in [-0.3, -0.25) is 4.79 Å². The van der Waals surface area contributed by atoms with E-state index in [-0.39, 0.29) is 17.2 Å². The first-order valence-corrected chi connectivity index (χ1v) is 10.3. The number of sulfonamides is 1. The molecule has 144 valence electrons. The summed E-state index contributed by atoms with van der Waals surface area (Å²) in [4.78, 5) is 12.6. The van der Waals surface area contributed by atoms with E-state index in [2.05, 4.69) is 11.4 Å². The van der Waals surface area contributed by atoms with Gasteiger partial charge in [-0.05, 0) is 49.7 Å². The third-order valence-corrected chi connectivity index (χ3v) is 6.52. The van der Waals surface area contributed by atoms with Crippen LogP contribution >= 0.6 is 0 Å². The van der Waals surface area contributed by atoms with Crippen LogP contribution in [0.25, 0.3) is 0 Å². The first-order valence-electron chi connectivity index (χ1n) is 8.90. The van der Waals surface area contributed by atoms with Crippen LogP contribution < -0.4 is 5.32 Å². The molecule has 0 atom stereocenters. The van der Waals surface area contributed by atoms with E-state index in [1.54, 1.807) is 12.1 Å². The van der Waals surface area contributed by atoms with Crippen LogP contribution in [0.3, 0.4) is 0 Å². The number of ketones is 1. The molecule has 1 N–H and O–H groups in total. The van der Waals surface area contributed by atoms with Crippen molar-refractivity contribution in [3.05, 3.63) is 59.2 Å². The number of Topliss-reactive ketones (excluding diaryl/α,β-unsaturated/α-hetero) is 1. The molecule has 0 spiro atoms. The van der Waals surface area contributed by atoms with Crippen molar-refractivity contribution in [1.29, 1.82) is 0 Å². The van der Waals surface area contributed by atoms with E-state index in [0.717, 1.165) is 11.3 Å². The number of hydrogen-bond acceptors (Lipinski definition) is 5. The van der Waals surface area contributed by atoms with Crippen molar-refractivity contribution in [3.63, 3.8) is 0 Å². The van der Waals surface area contributed by atoms with Crippen LogP contribution in [0.5, 0.6) is 0 Å². The van der Waals surface area contributed by atoms with Crippen molar-refractivity contribution >= 4 is 21.5 Å². The van der Waals surface area contributed by atoms with E-state index >= 15 is 0 Å². The van der Waals surface area contributed by atoms with Crippen LogP contribution in [-0.4, -0.2) is 51.4 Å². The molecule has 6 nitrogen and oxygen atoms in total. The zero-order valence-corrected chi connectivity index (χ0v) is 16.4. The van der Waals surface area contributed by atoms with Gasteiger partial charge >= 0.3 is 0 Å². The van der Waals surface area contributed by atoms with Crippen molar-refractivity contribution in [1.82, 2.24) is 4.31 Å². The van der Waals surface area contributed by atoms with E-state index in [4.69, 9.17) is 4.74 Å². The molecular weight excluding hydrogens is 364 g/mol. The molecule has 1 aliphatic heterocycles. The number of morpholine rings is 1. The smallest absolute Gasteiger partial charge is 0.243 e. The molecule has 1 aliphatic rings. The molecule has 2 aromatic rings. The lowest BCUT2D eigenvalue weighted by atomic mass is 10.1. The maximum Gasteiger partial charge on any atom is 0.243 e. The largest absolute Gasteiger partial charge is 0.379 e. The highest BCUT2D eigenvalue weighted by molar-refractivity contribution is 7.89. The minimum Gasteiger partial charge on any atom is -0.379 e. The Morgan fingerprint density at radius 2 is 1.74 bits per heavy atom. The molecular formula is C20H24N2O4S. The Morgan fingerprint density at radius 3 is 2.37 bits per heavy atom. The summed E-state index contributed by atoms with van der Waals surface area (Å²) in [5.74, 6) is -0.0923. The van der Waals surface area contributed by atoms with Gasteiger partial charge in [0.1, 0.15) is 0 Å². The number of hydrogen-bond donors (Lipinski definition) is 1. The normalized spacial score (nSPS) is 15.5. The van der Waals surface area contributed by atoms with Gasteiger partial charge in [-0.2, -0.15) is 4.31 Å². The van der Waals surface area contributed by atoms with Crippen LogP contribution in [0.15, 0.2) is 47.4 Å². The summed E-state index contributed by atoms with van der Waals surface area (Å²) in [6, 6.07) is 12.1. The molecule has 0 unspecified atom stereocenters. The third-order valence-electron chi connectivity index (χ3n) is 4.61. The molecule has 1 fully saturated rings. The second kappa shape index (κ2) is 8.21. The number of ether oxygens (including phenoxy) is 1. The number of nitrogens with zero attached hydrogens (tertiary/aromatic N) is 1. The van der Waals surface area contributed by atoms with Crippen molar-refractivity contribution in [3.8, 4) is 0 Å². The predicted octanol–water partition coefficient (Wildman–Crippen LogP) is 2.62. The van der Waals surface area contributed by atoms with Gasteiger partial charge in [0.25, 0.3) is 0 Å². The van der Waals surface area contributed by atoms with E-state index in [9.17, 15) is 13.2 Å². The quantitative estimate of drug-likeness (QED) is 0.770. The monoisotopic (exact) mass is 388 g/mol. The molecule has 3 rings (SSSR count). The van der Waals surface area contributed by atoms with Crippen LogP contribution in [0.2, 0.25) is 0 Å². The molecule has 0 bridgehead atoms. The highest BCUT2D eigenvalue weighted by atomic mass is 32.2. The average Bonchev–Trinajstić information content (AvgIpc) is 2.68. The highest BCUT2D eigenvalue weighted by Gasteiger charge is 2.26. The van der Waals surface area contributed by atoms with Crippen molar-refractivity contribution in [2.45, 2.75) is 18.7 Å². The lowest BCUT2D eigenvalue weighted by Gasteiger charge is -2.26. The van der Waals surface area contributed by atoms with Gasteiger partial charge in [-0.25, -0.2) is 8.42 Å². The second-order valence-corrected chi connectivity index (χ2v) is 8.57. The molecule has 0 radical (unpaired) electrons. The van der Waals surface area contributed by atoms with Crippen LogP contribution in [0.4, 0.5) is 5.69 Å². The summed E-state index contributed by atoms with van der Waals surface area (Å²) >= 11 is 0. The number of anilines is 1. The Balaban J connectivity index is 1.66. The molecule has 1 saturated heterocycles. The molecule has 1 heterocycles. The first-order chi connectivity index (χ1) is 12.9. The van der Waals surface area contributed by atoms with Gasteiger partial charge in [-0.1, -0.05) is 17.7 Å². The molecule has 7 heteroatoms. The maximum atomic E-state index is 12.6. The number of carbonyl (C=O) groups excluding carboxylic acids is 1. The van der Waals surface area contributed by atoms with Gasteiger partial charge in [0, 0.05) is 24.3 Å². The minimum absolute atomic E-state index is 0.0923. The fourth-order valence-electron chi connectivity index (χ4n) is 3.04. The van der Waals surface area contributed by atoms with Gasteiger partial charge in [0.2, 0.25) is 10.0 Å². The zero-order valence-electron chi connectivity index (χ0n) is 15.6. The molecule has 2 aromatic carbocycles. The van der Waals surface area contributed by atoms with Gasteiger partial charge < -0.3 is 10.1 Å². The Morgan fingerprint density at radius 1 is 1.07 bits per heavy atom. The van der Waals surface area contributed by atoms with E-state index in [1.807, 2.05) is 26.0 Å². The molecule has 27 heavy (non-hydrogen) atoms. The lowest BCUT2D eigenvalue weighted by molar-refractivity contribution is 0.0730. The minimum atomic E-state index is -3.54. The van der Waals surface area contributed by atoms with Gasteiger partial charge in [0.05, 0.1) is 24.7 Å². The summed E-state index contributed by atoms with van der Waals surface area (Å²) in [5.41, 5.74) is 3.64. The lowest BCUT2D eigenvalue weighted by Crippen LogP contribution is -2.40. The summed E-state index contributed by atoms with van der Waals surface area (Å²) < 4.78 is 31.8. The Labute approximate surface area is 160 Å². The van der Waals surface area contributed by atoms with Crippen LogP contribution in [-0.2, 0) is 14.8 Å². The SMILES string of the molecule is Cc1ccc(NCC(=O)c2ccc(S(=O)(=O)N3CCOCC3)cc2)c(C)c1. The number of rotatable bonds is 6. The fourth-order valence-corrected chi connectivity index (χ4v) is 4.45.